The van der Waals surface area contributed by atoms with Gasteiger partial charge in [-0.1, -0.05) is 6.42 Å². The zero-order valence-electron chi connectivity index (χ0n) is 10.4. The van der Waals surface area contributed by atoms with Crippen LogP contribution in [0.1, 0.15) is 48.3 Å². The van der Waals surface area contributed by atoms with Crippen molar-refractivity contribution in [3.8, 4) is 0 Å². The van der Waals surface area contributed by atoms with Crippen LogP contribution in [0.3, 0.4) is 0 Å². The number of hydrogen-bond donors (Lipinski definition) is 1. The summed E-state index contributed by atoms with van der Waals surface area (Å²) >= 11 is 0. The van der Waals surface area contributed by atoms with E-state index in [1.165, 1.54) is 11.1 Å². The van der Waals surface area contributed by atoms with Crippen molar-refractivity contribution in [2.45, 2.75) is 45.1 Å². The molecule has 0 atom stereocenters. The minimum absolute atomic E-state index is 0.0471. The van der Waals surface area contributed by atoms with Crippen molar-refractivity contribution in [3.05, 3.63) is 11.4 Å². The summed E-state index contributed by atoms with van der Waals surface area (Å²) in [6.07, 6.45) is 5.48. The van der Waals surface area contributed by atoms with Gasteiger partial charge in [0.1, 0.15) is 6.10 Å². The fourth-order valence-electron chi connectivity index (χ4n) is 2.31. The van der Waals surface area contributed by atoms with E-state index in [4.69, 9.17) is 10.5 Å². The number of hydrogen-bond acceptors (Lipinski definition) is 4. The average molecular weight is 237 g/mol. The lowest BCUT2D eigenvalue weighted by molar-refractivity contribution is 0.0200. The molecule has 2 N–H and O–H groups in total. The van der Waals surface area contributed by atoms with Crippen LogP contribution in [0.5, 0.6) is 0 Å². The number of ether oxygens (including phenoxy) is 1. The Balaban J connectivity index is 2.08. The molecule has 1 aliphatic rings. The number of nitrogens with two attached hydrogens (primary N) is 1. The number of nitrogens with zero attached hydrogens (tertiary/aromatic N) is 2. The number of aromatic nitrogens is 2. The predicted molar refractivity (Wildman–Crippen MR) is 64.6 cm³/mol. The second-order valence-electron chi connectivity index (χ2n) is 4.64. The molecule has 1 fully saturated rings. The van der Waals surface area contributed by atoms with Crippen LogP contribution >= 0.6 is 0 Å². The maximum absolute atomic E-state index is 12.0. The minimum Gasteiger partial charge on any atom is -0.458 e. The van der Waals surface area contributed by atoms with Crippen LogP contribution in [0.4, 0.5) is 5.69 Å². The summed E-state index contributed by atoms with van der Waals surface area (Å²) in [6.45, 7) is 1.78. The second kappa shape index (κ2) is 4.77. The quantitative estimate of drug-likeness (QED) is 0.796. The van der Waals surface area contributed by atoms with Crippen LogP contribution in [0, 0.1) is 6.92 Å². The molecule has 0 amide bonds. The van der Waals surface area contributed by atoms with Crippen LogP contribution in [-0.4, -0.2) is 21.9 Å². The van der Waals surface area contributed by atoms with E-state index >= 15 is 0 Å². The molecule has 1 heterocycles. The number of anilines is 1. The van der Waals surface area contributed by atoms with E-state index in [0.717, 1.165) is 25.7 Å². The lowest BCUT2D eigenvalue weighted by Gasteiger charge is -2.21. The summed E-state index contributed by atoms with van der Waals surface area (Å²) in [5, 5.41) is 4.12. The third-order valence-corrected chi connectivity index (χ3v) is 3.29. The van der Waals surface area contributed by atoms with Gasteiger partial charge in [-0.15, -0.1) is 0 Å². The first kappa shape index (κ1) is 12.0. The topological polar surface area (TPSA) is 70.1 Å². The summed E-state index contributed by atoms with van der Waals surface area (Å²) in [4.78, 5) is 12.0. The van der Waals surface area contributed by atoms with Gasteiger partial charge in [0.25, 0.3) is 0 Å². The second-order valence-corrected chi connectivity index (χ2v) is 4.64. The van der Waals surface area contributed by atoms with Crippen molar-refractivity contribution in [1.29, 1.82) is 0 Å². The predicted octanol–water partition coefficient (Wildman–Crippen LogP) is 1.80. The molecule has 0 aromatic carbocycles. The normalized spacial score (nSPS) is 17.1. The van der Waals surface area contributed by atoms with Crippen molar-refractivity contribution < 1.29 is 9.53 Å². The monoisotopic (exact) mass is 237 g/mol. The molecular formula is C12H19N3O2. The molecule has 0 saturated heterocycles. The van der Waals surface area contributed by atoms with Crippen LogP contribution in [0.2, 0.25) is 0 Å². The lowest BCUT2D eigenvalue weighted by atomic mass is 9.98. The molecule has 17 heavy (non-hydrogen) atoms. The zero-order valence-corrected chi connectivity index (χ0v) is 10.4. The van der Waals surface area contributed by atoms with E-state index in [-0.39, 0.29) is 12.1 Å². The van der Waals surface area contributed by atoms with Gasteiger partial charge in [0.05, 0.1) is 11.4 Å². The van der Waals surface area contributed by atoms with Crippen molar-refractivity contribution >= 4 is 11.7 Å². The SMILES string of the molecule is Cc1nn(C)c(C(=O)OC2CCCCC2)c1N. The Bertz CT molecular complexity index is 420. The van der Waals surface area contributed by atoms with Gasteiger partial charge in [-0.25, -0.2) is 4.79 Å². The summed E-state index contributed by atoms with van der Waals surface area (Å²) in [6, 6.07) is 0. The summed E-state index contributed by atoms with van der Waals surface area (Å²) < 4.78 is 6.97. The zero-order chi connectivity index (χ0) is 12.4. The summed E-state index contributed by atoms with van der Waals surface area (Å²) in [5.41, 5.74) is 7.29. The molecule has 0 radical (unpaired) electrons. The first-order valence-electron chi connectivity index (χ1n) is 6.09. The Morgan fingerprint density at radius 2 is 2.06 bits per heavy atom. The first-order valence-corrected chi connectivity index (χ1v) is 6.09. The van der Waals surface area contributed by atoms with Crippen molar-refractivity contribution in [2.24, 2.45) is 7.05 Å². The van der Waals surface area contributed by atoms with Gasteiger partial charge < -0.3 is 10.5 Å². The highest BCUT2D eigenvalue weighted by Gasteiger charge is 2.23. The van der Waals surface area contributed by atoms with E-state index in [1.807, 2.05) is 0 Å². The van der Waals surface area contributed by atoms with Gasteiger partial charge in [0, 0.05) is 7.05 Å². The van der Waals surface area contributed by atoms with E-state index in [1.54, 1.807) is 14.0 Å². The average Bonchev–Trinajstić information content (AvgIpc) is 2.54. The number of esters is 1. The molecule has 1 aliphatic carbocycles. The number of nitrogen functional groups attached to an aromatic ring is 1. The van der Waals surface area contributed by atoms with Gasteiger partial charge >= 0.3 is 5.97 Å². The third-order valence-electron chi connectivity index (χ3n) is 3.29. The number of carbonyl (C=O) groups excluding carboxylic acids is 1. The number of aryl methyl sites for hydroxylation is 2. The Kier molecular flexibility index (Phi) is 3.36. The van der Waals surface area contributed by atoms with Gasteiger partial charge in [0.2, 0.25) is 0 Å². The highest BCUT2D eigenvalue weighted by atomic mass is 16.5. The van der Waals surface area contributed by atoms with Gasteiger partial charge in [0.15, 0.2) is 5.69 Å². The van der Waals surface area contributed by atoms with E-state index < -0.39 is 0 Å². The van der Waals surface area contributed by atoms with Gasteiger partial charge in [-0.3, -0.25) is 4.68 Å². The number of carbonyl (C=O) groups is 1. The first-order chi connectivity index (χ1) is 8.09. The maximum Gasteiger partial charge on any atom is 0.359 e. The van der Waals surface area contributed by atoms with Crippen LogP contribution in [0.15, 0.2) is 0 Å². The fraction of sp³-hybridized carbons (Fsp3) is 0.667. The Labute approximate surface area is 101 Å². The Morgan fingerprint density at radius 3 is 2.59 bits per heavy atom. The third kappa shape index (κ3) is 2.43. The molecule has 1 aromatic rings. The van der Waals surface area contributed by atoms with Crippen molar-refractivity contribution in [1.82, 2.24) is 9.78 Å². The van der Waals surface area contributed by atoms with E-state index in [2.05, 4.69) is 5.10 Å². The molecule has 5 heteroatoms. The largest absolute Gasteiger partial charge is 0.458 e. The number of rotatable bonds is 2. The van der Waals surface area contributed by atoms with Crippen molar-refractivity contribution in [2.75, 3.05) is 5.73 Å². The summed E-state index contributed by atoms with van der Waals surface area (Å²) in [7, 11) is 1.71. The van der Waals surface area contributed by atoms with Gasteiger partial charge in [-0.2, -0.15) is 5.10 Å². The smallest absolute Gasteiger partial charge is 0.359 e. The Hall–Kier alpha value is -1.52. The molecule has 1 aromatic heterocycles. The molecule has 0 aliphatic heterocycles. The molecule has 0 unspecified atom stereocenters. The molecular weight excluding hydrogens is 218 g/mol. The molecule has 94 valence electrons. The fourth-order valence-corrected chi connectivity index (χ4v) is 2.31. The molecule has 5 nitrogen and oxygen atoms in total. The van der Waals surface area contributed by atoms with Crippen LogP contribution in [-0.2, 0) is 11.8 Å². The lowest BCUT2D eigenvalue weighted by Crippen LogP contribution is -2.23. The standard InChI is InChI=1S/C12H19N3O2/c1-8-10(13)11(15(2)14-8)12(16)17-9-6-4-3-5-7-9/h9H,3-7,13H2,1-2H3. The maximum atomic E-state index is 12.0. The van der Waals surface area contributed by atoms with Gasteiger partial charge in [-0.05, 0) is 32.6 Å². The molecule has 0 bridgehead atoms. The minimum atomic E-state index is -0.350. The van der Waals surface area contributed by atoms with E-state index in [9.17, 15) is 4.79 Å². The van der Waals surface area contributed by atoms with Crippen LogP contribution < -0.4 is 5.73 Å². The highest BCUT2D eigenvalue weighted by molar-refractivity contribution is 5.93. The molecule has 2 rings (SSSR count). The Morgan fingerprint density at radius 1 is 1.41 bits per heavy atom. The summed E-state index contributed by atoms with van der Waals surface area (Å²) in [5.74, 6) is -0.350. The molecule has 1 saturated carbocycles. The highest BCUT2D eigenvalue weighted by Crippen LogP contribution is 2.23. The van der Waals surface area contributed by atoms with Crippen LogP contribution in [0.25, 0.3) is 0 Å². The van der Waals surface area contributed by atoms with E-state index in [0.29, 0.717) is 17.1 Å². The van der Waals surface area contributed by atoms with Crippen molar-refractivity contribution in [3.63, 3.8) is 0 Å². The molecule has 0 spiro atoms.